The lowest BCUT2D eigenvalue weighted by Crippen LogP contribution is -2.45. The minimum atomic E-state index is -1.36. The zero-order chi connectivity index (χ0) is 23.8. The number of rotatable bonds is 6. The van der Waals surface area contributed by atoms with Gasteiger partial charge in [-0.15, -0.1) is 10.2 Å². The first-order chi connectivity index (χ1) is 16.4. The fourth-order valence-electron chi connectivity index (χ4n) is 5.77. The van der Waals surface area contributed by atoms with Crippen LogP contribution in [0.1, 0.15) is 61.4 Å². The van der Waals surface area contributed by atoms with Gasteiger partial charge in [-0.05, 0) is 67.6 Å². The molecule has 34 heavy (non-hydrogen) atoms. The SMILES string of the molecule is CC(C)(C[C@@H]1c2ccccc2CC12CCN(c1ncc(Cc3ccccc3)nn1)CC2)S(N)=O. The van der Waals surface area contributed by atoms with Gasteiger partial charge < -0.3 is 4.90 Å². The van der Waals surface area contributed by atoms with Crippen molar-refractivity contribution in [3.63, 3.8) is 0 Å². The molecule has 1 aromatic heterocycles. The topological polar surface area (TPSA) is 85.0 Å². The molecule has 5 rings (SSSR count). The Kier molecular flexibility index (Phi) is 6.25. The highest BCUT2D eigenvalue weighted by molar-refractivity contribution is 7.84. The summed E-state index contributed by atoms with van der Waals surface area (Å²) >= 11 is 0. The predicted octanol–water partition coefficient (Wildman–Crippen LogP) is 4.18. The van der Waals surface area contributed by atoms with Crippen LogP contribution in [0.5, 0.6) is 0 Å². The van der Waals surface area contributed by atoms with Crippen LogP contribution < -0.4 is 10.0 Å². The highest BCUT2D eigenvalue weighted by Gasteiger charge is 2.49. The number of fused-ring (bicyclic) bond motifs is 1. The molecule has 7 heteroatoms. The molecule has 0 radical (unpaired) electrons. The molecular formula is C27H33N5OS. The third-order valence-corrected chi connectivity index (χ3v) is 9.08. The predicted molar refractivity (Wildman–Crippen MR) is 137 cm³/mol. The van der Waals surface area contributed by atoms with Crippen LogP contribution in [-0.2, 0) is 23.8 Å². The second-order valence-electron chi connectivity index (χ2n) is 10.5. The summed E-state index contributed by atoms with van der Waals surface area (Å²) in [6, 6.07) is 19.1. The van der Waals surface area contributed by atoms with Gasteiger partial charge in [-0.1, -0.05) is 54.6 Å². The van der Waals surface area contributed by atoms with Gasteiger partial charge in [0.15, 0.2) is 0 Å². The van der Waals surface area contributed by atoms with Crippen LogP contribution >= 0.6 is 0 Å². The molecule has 0 bridgehead atoms. The third-order valence-electron chi connectivity index (χ3n) is 7.82. The molecule has 2 heterocycles. The molecule has 178 valence electrons. The Bertz CT molecular complexity index is 1160. The maximum absolute atomic E-state index is 12.3. The van der Waals surface area contributed by atoms with Gasteiger partial charge in [0, 0.05) is 19.5 Å². The molecule has 1 spiro atoms. The van der Waals surface area contributed by atoms with Gasteiger partial charge >= 0.3 is 0 Å². The van der Waals surface area contributed by atoms with Gasteiger partial charge in [-0.2, -0.15) is 0 Å². The lowest BCUT2D eigenvalue weighted by Gasteiger charge is -2.45. The average molecular weight is 476 g/mol. The maximum atomic E-state index is 12.3. The summed E-state index contributed by atoms with van der Waals surface area (Å²) in [4.78, 5) is 6.91. The van der Waals surface area contributed by atoms with E-state index in [1.807, 2.05) is 38.2 Å². The van der Waals surface area contributed by atoms with E-state index in [2.05, 4.69) is 56.5 Å². The average Bonchev–Trinajstić information content (AvgIpc) is 3.13. The molecule has 2 atom stereocenters. The van der Waals surface area contributed by atoms with Crippen molar-refractivity contribution in [2.45, 2.75) is 56.6 Å². The van der Waals surface area contributed by atoms with E-state index in [1.165, 1.54) is 16.7 Å². The monoisotopic (exact) mass is 475 g/mol. The number of hydrogen-bond acceptors (Lipinski definition) is 5. The van der Waals surface area contributed by atoms with E-state index in [9.17, 15) is 4.21 Å². The first-order valence-corrected chi connectivity index (χ1v) is 13.3. The Morgan fingerprint density at radius 2 is 1.76 bits per heavy atom. The molecular weight excluding hydrogens is 442 g/mol. The van der Waals surface area contributed by atoms with Crippen LogP contribution in [0.2, 0.25) is 0 Å². The molecule has 1 unspecified atom stereocenters. The van der Waals surface area contributed by atoms with E-state index in [-0.39, 0.29) is 5.41 Å². The van der Waals surface area contributed by atoms with Gasteiger partial charge in [0.1, 0.15) is 0 Å². The van der Waals surface area contributed by atoms with Crippen molar-refractivity contribution < 1.29 is 4.21 Å². The fourth-order valence-corrected chi connectivity index (χ4v) is 6.10. The largest absolute Gasteiger partial charge is 0.339 e. The Morgan fingerprint density at radius 3 is 2.44 bits per heavy atom. The lowest BCUT2D eigenvalue weighted by molar-refractivity contribution is 0.170. The van der Waals surface area contributed by atoms with E-state index in [1.54, 1.807) is 0 Å². The summed E-state index contributed by atoms with van der Waals surface area (Å²) in [6.07, 6.45) is 6.60. The molecule has 3 aromatic rings. The Labute approximate surface area is 204 Å². The molecule has 2 aromatic carbocycles. The van der Waals surface area contributed by atoms with E-state index in [0.717, 1.165) is 50.9 Å². The molecule has 1 fully saturated rings. The number of benzene rings is 2. The third kappa shape index (κ3) is 4.51. The van der Waals surface area contributed by atoms with Crippen molar-refractivity contribution in [1.29, 1.82) is 0 Å². The summed E-state index contributed by atoms with van der Waals surface area (Å²) in [5.41, 5.74) is 5.10. The number of nitrogens with zero attached hydrogens (tertiary/aromatic N) is 4. The zero-order valence-electron chi connectivity index (χ0n) is 20.0. The van der Waals surface area contributed by atoms with Crippen LogP contribution in [0.25, 0.3) is 0 Å². The number of piperidine rings is 1. The van der Waals surface area contributed by atoms with Crippen molar-refractivity contribution in [2.24, 2.45) is 10.6 Å². The van der Waals surface area contributed by atoms with Crippen molar-refractivity contribution in [1.82, 2.24) is 15.2 Å². The molecule has 6 nitrogen and oxygen atoms in total. The number of anilines is 1. The van der Waals surface area contributed by atoms with Crippen LogP contribution in [0.4, 0.5) is 5.95 Å². The van der Waals surface area contributed by atoms with Crippen molar-refractivity contribution in [3.05, 3.63) is 83.2 Å². The first-order valence-electron chi connectivity index (χ1n) is 12.1. The van der Waals surface area contributed by atoms with Crippen LogP contribution in [0.3, 0.4) is 0 Å². The number of aromatic nitrogens is 3. The lowest BCUT2D eigenvalue weighted by atomic mass is 9.67. The van der Waals surface area contributed by atoms with E-state index < -0.39 is 15.7 Å². The normalized spacial score (nSPS) is 20.3. The van der Waals surface area contributed by atoms with Gasteiger partial charge in [-0.25, -0.2) is 9.19 Å². The molecule has 0 saturated carbocycles. The standard InChI is InChI=1S/C27H33N5OS/c1-26(2,34(28)33)18-24-23-11-7-6-10-21(23)17-27(24)12-14-32(15-13-27)25-29-19-22(30-31-25)16-20-8-4-3-5-9-20/h3-11,19,24H,12-18,28H2,1-2H3/t24-,34?/m1/s1. The summed E-state index contributed by atoms with van der Waals surface area (Å²) in [5, 5.41) is 14.8. The molecule has 1 aliphatic heterocycles. The van der Waals surface area contributed by atoms with Crippen LogP contribution in [-0.4, -0.2) is 37.2 Å². The molecule has 2 aliphatic rings. The highest BCUT2D eigenvalue weighted by atomic mass is 32.2. The van der Waals surface area contributed by atoms with E-state index in [0.29, 0.717) is 11.9 Å². The minimum absolute atomic E-state index is 0.164. The molecule has 1 aliphatic carbocycles. The quantitative estimate of drug-likeness (QED) is 0.578. The number of nitrogens with two attached hydrogens (primary N) is 1. The second-order valence-corrected chi connectivity index (χ2v) is 12.2. The van der Waals surface area contributed by atoms with Gasteiger partial charge in [0.2, 0.25) is 5.95 Å². The van der Waals surface area contributed by atoms with Gasteiger partial charge in [-0.3, -0.25) is 5.14 Å². The Hall–Kier alpha value is -2.64. The molecule has 1 saturated heterocycles. The fraction of sp³-hybridized carbons (Fsp3) is 0.444. The Balaban J connectivity index is 1.30. The molecule has 0 amide bonds. The summed E-state index contributed by atoms with van der Waals surface area (Å²) in [5.74, 6) is 1.07. The van der Waals surface area contributed by atoms with Crippen molar-refractivity contribution >= 4 is 16.9 Å². The second kappa shape index (κ2) is 9.19. The van der Waals surface area contributed by atoms with Gasteiger partial charge in [0.05, 0.1) is 27.6 Å². The van der Waals surface area contributed by atoms with Crippen molar-refractivity contribution in [2.75, 3.05) is 18.0 Å². The first kappa shape index (κ1) is 23.1. The van der Waals surface area contributed by atoms with E-state index in [4.69, 9.17) is 5.14 Å². The molecule has 2 N–H and O–H groups in total. The van der Waals surface area contributed by atoms with Gasteiger partial charge in [0.25, 0.3) is 0 Å². The summed E-state index contributed by atoms with van der Waals surface area (Å²) in [6.45, 7) is 5.86. The minimum Gasteiger partial charge on any atom is -0.339 e. The van der Waals surface area contributed by atoms with E-state index >= 15 is 0 Å². The smallest absolute Gasteiger partial charge is 0.245 e. The number of hydrogen-bond donors (Lipinski definition) is 1. The Morgan fingerprint density at radius 1 is 1.06 bits per heavy atom. The van der Waals surface area contributed by atoms with Crippen LogP contribution in [0.15, 0.2) is 60.8 Å². The summed E-state index contributed by atoms with van der Waals surface area (Å²) in [7, 11) is -1.36. The highest BCUT2D eigenvalue weighted by Crippen LogP contribution is 2.56. The summed E-state index contributed by atoms with van der Waals surface area (Å²) < 4.78 is 11.9. The van der Waals surface area contributed by atoms with Crippen molar-refractivity contribution in [3.8, 4) is 0 Å². The maximum Gasteiger partial charge on any atom is 0.245 e. The zero-order valence-corrected chi connectivity index (χ0v) is 20.8. The van der Waals surface area contributed by atoms with Crippen LogP contribution in [0, 0.1) is 5.41 Å².